The summed E-state index contributed by atoms with van der Waals surface area (Å²) >= 11 is 6.17. The Morgan fingerprint density at radius 2 is 1.88 bits per heavy atom. The fourth-order valence-corrected chi connectivity index (χ4v) is 3.25. The minimum Gasteiger partial charge on any atom is -0.418 e. The number of benzene rings is 1. The van der Waals surface area contributed by atoms with E-state index >= 15 is 0 Å². The number of carbonyl (C=O) groups is 1. The molecule has 11 heteroatoms. The molecule has 0 atom stereocenters. The van der Waals surface area contributed by atoms with E-state index in [-0.39, 0.29) is 17.7 Å². The van der Waals surface area contributed by atoms with Crippen LogP contribution in [-0.2, 0) is 0 Å². The molecule has 1 aromatic carbocycles. The first kappa shape index (κ1) is 23.4. The quantitative estimate of drug-likeness (QED) is 0.415. The second-order valence-corrected chi connectivity index (χ2v) is 7.43. The topological polar surface area (TPSA) is 121 Å². The summed E-state index contributed by atoms with van der Waals surface area (Å²) in [5, 5.41) is 9.26. The molecule has 0 saturated carbocycles. The van der Waals surface area contributed by atoms with Gasteiger partial charge < -0.3 is 20.0 Å². The zero-order valence-electron chi connectivity index (χ0n) is 18.6. The molecule has 3 aromatic rings. The number of oxazole rings is 1. The summed E-state index contributed by atoms with van der Waals surface area (Å²) in [6.45, 7) is 11.4. The summed E-state index contributed by atoms with van der Waals surface area (Å²) in [6.07, 6.45) is 1.32. The van der Waals surface area contributed by atoms with Crippen molar-refractivity contribution < 1.29 is 9.21 Å². The second kappa shape index (κ2) is 10.9. The number of hydrogen-bond donors (Lipinski definition) is 3. The number of nitrogens with zero attached hydrogens (tertiary/aromatic N) is 5. The lowest BCUT2D eigenvalue weighted by molar-refractivity contribution is 0.0997. The van der Waals surface area contributed by atoms with E-state index in [2.05, 4.69) is 54.6 Å². The predicted molar refractivity (Wildman–Crippen MR) is 125 cm³/mol. The van der Waals surface area contributed by atoms with Gasteiger partial charge in [0.05, 0.1) is 16.9 Å². The Morgan fingerprint density at radius 1 is 1.12 bits per heavy atom. The van der Waals surface area contributed by atoms with E-state index in [1.165, 1.54) is 6.20 Å². The summed E-state index contributed by atoms with van der Waals surface area (Å²) in [6, 6.07) is 5.46. The van der Waals surface area contributed by atoms with Crippen molar-refractivity contribution in [1.82, 2.24) is 24.8 Å². The van der Waals surface area contributed by atoms with Crippen LogP contribution in [0.4, 0.5) is 23.6 Å². The molecule has 170 valence electrons. The van der Waals surface area contributed by atoms with Crippen molar-refractivity contribution in [2.75, 3.05) is 42.1 Å². The van der Waals surface area contributed by atoms with Gasteiger partial charge in [-0.25, -0.2) is 4.98 Å². The largest absolute Gasteiger partial charge is 0.418 e. The molecule has 10 nitrogen and oxygen atoms in total. The minimum atomic E-state index is -0.465. The number of aryl methyl sites for hydroxylation is 2. The highest BCUT2D eigenvalue weighted by Crippen LogP contribution is 2.26. The number of aromatic nitrogens is 4. The van der Waals surface area contributed by atoms with Gasteiger partial charge in [-0.2, -0.15) is 15.0 Å². The van der Waals surface area contributed by atoms with Crippen LogP contribution in [-0.4, -0.2) is 56.9 Å². The number of hydrogen-bond acceptors (Lipinski definition) is 9. The smallest absolute Gasteiger partial charge is 0.302 e. The van der Waals surface area contributed by atoms with Crippen LogP contribution in [0.1, 0.15) is 35.8 Å². The molecule has 1 amide bonds. The summed E-state index contributed by atoms with van der Waals surface area (Å²) in [7, 11) is 0. The molecule has 0 aliphatic heterocycles. The van der Waals surface area contributed by atoms with Crippen LogP contribution in [0, 0.1) is 13.8 Å². The van der Waals surface area contributed by atoms with Gasteiger partial charge >= 0.3 is 6.01 Å². The molecule has 2 aromatic heterocycles. The fraction of sp³-hybridized carbons (Fsp3) is 0.381. The standard InChI is InChI=1S/C21H27ClN8O2/c1-5-30(6-2)11-10-23-19-25-14(4)26-20(28-19)29-21-24-12-16(32-21)18(31)27-17-13(3)8-7-9-15(17)22/h7-9,12H,5-6,10-11H2,1-4H3,(H,27,31)(H2,23,24,25,26,28,29). The van der Waals surface area contributed by atoms with Gasteiger partial charge in [-0.1, -0.05) is 37.6 Å². The highest BCUT2D eigenvalue weighted by atomic mass is 35.5. The van der Waals surface area contributed by atoms with Gasteiger partial charge in [-0.15, -0.1) is 0 Å². The Labute approximate surface area is 191 Å². The van der Waals surface area contributed by atoms with Crippen LogP contribution in [0.15, 0.2) is 28.8 Å². The van der Waals surface area contributed by atoms with E-state index in [0.717, 1.165) is 25.2 Å². The first-order chi connectivity index (χ1) is 15.4. The maximum Gasteiger partial charge on any atom is 0.302 e. The monoisotopic (exact) mass is 458 g/mol. The number of carbonyl (C=O) groups excluding carboxylic acids is 1. The van der Waals surface area contributed by atoms with E-state index in [4.69, 9.17) is 16.0 Å². The Kier molecular flexibility index (Phi) is 7.96. The second-order valence-electron chi connectivity index (χ2n) is 7.02. The normalized spacial score (nSPS) is 10.9. The van der Waals surface area contributed by atoms with Gasteiger partial charge in [0.2, 0.25) is 17.7 Å². The lowest BCUT2D eigenvalue weighted by Crippen LogP contribution is -2.29. The third kappa shape index (κ3) is 6.14. The summed E-state index contributed by atoms with van der Waals surface area (Å²) in [5.74, 6) is 0.804. The molecule has 32 heavy (non-hydrogen) atoms. The summed E-state index contributed by atoms with van der Waals surface area (Å²) < 4.78 is 5.52. The van der Waals surface area contributed by atoms with E-state index in [1.807, 2.05) is 19.1 Å². The van der Waals surface area contributed by atoms with Gasteiger partial charge in [-0.05, 0) is 38.6 Å². The van der Waals surface area contributed by atoms with Gasteiger partial charge in [-0.3, -0.25) is 10.1 Å². The summed E-state index contributed by atoms with van der Waals surface area (Å²) in [4.78, 5) is 31.8. The Morgan fingerprint density at radius 3 is 2.59 bits per heavy atom. The molecule has 0 aliphatic carbocycles. The van der Waals surface area contributed by atoms with Crippen LogP contribution >= 0.6 is 11.6 Å². The highest BCUT2D eigenvalue weighted by Gasteiger charge is 2.16. The van der Waals surface area contributed by atoms with Crippen molar-refractivity contribution >= 4 is 41.1 Å². The first-order valence-corrected chi connectivity index (χ1v) is 10.8. The number of para-hydroxylation sites is 1. The lowest BCUT2D eigenvalue weighted by Gasteiger charge is -2.18. The molecule has 0 fully saturated rings. The number of anilines is 4. The van der Waals surface area contributed by atoms with Crippen molar-refractivity contribution in [3.63, 3.8) is 0 Å². The maximum atomic E-state index is 12.5. The summed E-state index contributed by atoms with van der Waals surface area (Å²) in [5.41, 5.74) is 1.36. The highest BCUT2D eigenvalue weighted by molar-refractivity contribution is 6.34. The molecular weight excluding hydrogens is 432 g/mol. The van der Waals surface area contributed by atoms with Crippen LogP contribution in [0.2, 0.25) is 5.02 Å². The number of amides is 1. The Bertz CT molecular complexity index is 1050. The molecule has 0 unspecified atom stereocenters. The molecule has 0 aliphatic rings. The van der Waals surface area contributed by atoms with E-state index in [9.17, 15) is 4.79 Å². The number of halogens is 1. The minimum absolute atomic E-state index is 0.0233. The van der Waals surface area contributed by atoms with Crippen molar-refractivity contribution in [3.05, 3.63) is 46.6 Å². The lowest BCUT2D eigenvalue weighted by atomic mass is 10.2. The van der Waals surface area contributed by atoms with Crippen LogP contribution < -0.4 is 16.0 Å². The SMILES string of the molecule is CCN(CC)CCNc1nc(C)nc(Nc2ncc(C(=O)Nc3c(C)cccc3Cl)o2)n1. The first-order valence-electron chi connectivity index (χ1n) is 10.4. The van der Waals surface area contributed by atoms with Crippen molar-refractivity contribution in [3.8, 4) is 0 Å². The van der Waals surface area contributed by atoms with Crippen LogP contribution in [0.5, 0.6) is 0 Å². The molecule has 3 rings (SSSR count). The third-order valence-corrected chi connectivity index (χ3v) is 5.08. The number of nitrogens with one attached hydrogen (secondary N) is 3. The molecule has 0 spiro atoms. The van der Waals surface area contributed by atoms with Gasteiger partial charge in [0.25, 0.3) is 5.91 Å². The molecule has 0 saturated heterocycles. The van der Waals surface area contributed by atoms with Gasteiger partial charge in [0.1, 0.15) is 5.82 Å². The molecule has 3 N–H and O–H groups in total. The van der Waals surface area contributed by atoms with E-state index < -0.39 is 5.91 Å². The fourth-order valence-electron chi connectivity index (χ4n) is 2.98. The average Bonchev–Trinajstić information content (AvgIpc) is 3.22. The number of likely N-dealkylation sites (N-methyl/N-ethyl adjacent to an activating group) is 1. The maximum absolute atomic E-state index is 12.5. The predicted octanol–water partition coefficient (Wildman–Crippen LogP) is 3.88. The average molecular weight is 459 g/mol. The van der Waals surface area contributed by atoms with E-state index in [1.54, 1.807) is 13.0 Å². The van der Waals surface area contributed by atoms with Gasteiger partial charge in [0.15, 0.2) is 0 Å². The molecular formula is C21H27ClN8O2. The molecule has 0 radical (unpaired) electrons. The van der Waals surface area contributed by atoms with E-state index in [0.29, 0.717) is 29.0 Å². The zero-order chi connectivity index (χ0) is 23.1. The zero-order valence-corrected chi connectivity index (χ0v) is 19.3. The Hall–Kier alpha value is -3.24. The molecule has 2 heterocycles. The van der Waals surface area contributed by atoms with Crippen molar-refractivity contribution in [2.24, 2.45) is 0 Å². The Balaban J connectivity index is 1.64. The van der Waals surface area contributed by atoms with Crippen LogP contribution in [0.3, 0.4) is 0 Å². The number of rotatable bonds is 10. The van der Waals surface area contributed by atoms with Crippen LogP contribution in [0.25, 0.3) is 0 Å². The molecule has 0 bridgehead atoms. The third-order valence-electron chi connectivity index (χ3n) is 4.76. The van der Waals surface area contributed by atoms with Crippen molar-refractivity contribution in [1.29, 1.82) is 0 Å². The van der Waals surface area contributed by atoms with Gasteiger partial charge in [0, 0.05) is 13.1 Å². The van der Waals surface area contributed by atoms with Crippen molar-refractivity contribution in [2.45, 2.75) is 27.7 Å².